The maximum atomic E-state index is 14.1. The van der Waals surface area contributed by atoms with E-state index < -0.39 is 130 Å². The van der Waals surface area contributed by atoms with Crippen molar-refractivity contribution in [1.82, 2.24) is 0 Å². The van der Waals surface area contributed by atoms with Gasteiger partial charge in [-0.1, -0.05) is 20.8 Å². The molecule has 0 amide bonds. The highest BCUT2D eigenvalue weighted by molar-refractivity contribution is 5.82. The van der Waals surface area contributed by atoms with Gasteiger partial charge in [0, 0.05) is 41.9 Å². The molecular weight excluding hydrogens is 664 g/mol. The van der Waals surface area contributed by atoms with Crippen molar-refractivity contribution < 1.29 is 77.1 Å². The Bertz CT molecular complexity index is 1580. The topological polar surface area (TPSA) is 215 Å². The zero-order valence-corrected chi connectivity index (χ0v) is 28.9. The molecule has 7 fully saturated rings. The van der Waals surface area contributed by atoms with Crippen LogP contribution >= 0.6 is 0 Å². The summed E-state index contributed by atoms with van der Waals surface area (Å²) in [5, 5.41) is 37.4. The lowest BCUT2D eigenvalue weighted by Gasteiger charge is -2.65. The molecule has 4 saturated heterocycles. The molecule has 3 N–H and O–H groups in total. The molecule has 3 aliphatic carbocycles. The molecular formula is C34H44O16. The van der Waals surface area contributed by atoms with E-state index in [2.05, 4.69) is 0 Å². The Kier molecular flexibility index (Phi) is 6.97. The molecule has 1 spiro atoms. The van der Waals surface area contributed by atoms with Gasteiger partial charge in [0.05, 0.1) is 57.9 Å². The van der Waals surface area contributed by atoms with Crippen LogP contribution in [0, 0.1) is 39.9 Å². The van der Waals surface area contributed by atoms with Crippen LogP contribution < -0.4 is 0 Å². The van der Waals surface area contributed by atoms with Gasteiger partial charge in [0.1, 0.15) is 28.8 Å². The number of hydrogen-bond donors (Lipinski definition) is 3. The predicted octanol–water partition coefficient (Wildman–Crippen LogP) is -0.513. The molecule has 3 saturated carbocycles. The first-order valence-electron chi connectivity index (χ1n) is 17.0. The van der Waals surface area contributed by atoms with Crippen LogP contribution in [0.25, 0.3) is 0 Å². The summed E-state index contributed by atoms with van der Waals surface area (Å²) in [7, 11) is 2.24. The first-order valence-corrected chi connectivity index (χ1v) is 17.0. The molecule has 16 nitrogen and oxygen atoms in total. The van der Waals surface area contributed by atoms with E-state index in [1.165, 1.54) is 26.4 Å². The molecule has 16 heteroatoms. The smallest absolute Gasteiger partial charge is 0.366 e. The van der Waals surface area contributed by atoms with Gasteiger partial charge in [-0.05, 0) is 19.4 Å². The van der Waals surface area contributed by atoms with Gasteiger partial charge in [-0.3, -0.25) is 14.4 Å². The lowest BCUT2D eigenvalue weighted by molar-refractivity contribution is -0.315. The third-order valence-corrected chi connectivity index (χ3v) is 13.9. The number of fused-ring (bicyclic) bond motifs is 7. The van der Waals surface area contributed by atoms with Crippen LogP contribution in [-0.4, -0.2) is 126 Å². The minimum absolute atomic E-state index is 0.262. The summed E-state index contributed by atoms with van der Waals surface area (Å²) in [6, 6.07) is 0. The Balaban J connectivity index is 1.40. The largest absolute Gasteiger partial charge is 0.469 e. The number of epoxide rings is 1. The maximum Gasteiger partial charge on any atom is 0.366 e. The molecule has 5 heterocycles. The van der Waals surface area contributed by atoms with E-state index in [0.29, 0.717) is 0 Å². The molecule has 8 aliphatic rings. The van der Waals surface area contributed by atoms with Crippen molar-refractivity contribution in [2.75, 3.05) is 27.4 Å². The Hall–Kier alpha value is -2.86. The van der Waals surface area contributed by atoms with Gasteiger partial charge in [0.25, 0.3) is 5.79 Å². The summed E-state index contributed by atoms with van der Waals surface area (Å²) in [5.74, 6) is -10.2. The van der Waals surface area contributed by atoms with Gasteiger partial charge in [-0.25, -0.2) is 4.79 Å². The van der Waals surface area contributed by atoms with E-state index in [0.717, 1.165) is 7.11 Å². The molecule has 276 valence electrons. The Morgan fingerprint density at radius 2 is 1.66 bits per heavy atom. The number of hydrogen-bond acceptors (Lipinski definition) is 16. The van der Waals surface area contributed by atoms with Crippen LogP contribution in [0.3, 0.4) is 0 Å². The van der Waals surface area contributed by atoms with E-state index in [-0.39, 0.29) is 19.4 Å². The highest BCUT2D eigenvalue weighted by atomic mass is 16.7. The van der Waals surface area contributed by atoms with Crippen molar-refractivity contribution >= 4 is 23.9 Å². The van der Waals surface area contributed by atoms with Gasteiger partial charge in [0.2, 0.25) is 6.29 Å². The second-order valence-electron chi connectivity index (χ2n) is 16.0. The fraction of sp³-hybridized carbons (Fsp3) is 0.824. The van der Waals surface area contributed by atoms with E-state index >= 15 is 0 Å². The molecule has 8 rings (SSSR count). The van der Waals surface area contributed by atoms with Gasteiger partial charge in [-0.15, -0.1) is 0 Å². The number of aliphatic hydroxyl groups excluding tert-OH is 1. The highest BCUT2D eigenvalue weighted by Gasteiger charge is 2.97. The van der Waals surface area contributed by atoms with Crippen molar-refractivity contribution in [1.29, 1.82) is 0 Å². The Morgan fingerprint density at radius 1 is 0.960 bits per heavy atom. The molecule has 5 aliphatic heterocycles. The van der Waals surface area contributed by atoms with Crippen molar-refractivity contribution in [3.8, 4) is 0 Å². The predicted molar refractivity (Wildman–Crippen MR) is 160 cm³/mol. The van der Waals surface area contributed by atoms with Crippen LogP contribution in [0.4, 0.5) is 0 Å². The van der Waals surface area contributed by atoms with E-state index in [9.17, 15) is 34.5 Å². The second kappa shape index (κ2) is 10.2. The Labute approximate surface area is 287 Å². The molecule has 50 heavy (non-hydrogen) atoms. The third kappa shape index (κ3) is 3.47. The Morgan fingerprint density at radius 3 is 2.30 bits per heavy atom. The molecule has 0 aromatic rings. The third-order valence-electron chi connectivity index (χ3n) is 13.9. The summed E-state index contributed by atoms with van der Waals surface area (Å²) in [4.78, 5) is 54.1. The monoisotopic (exact) mass is 708 g/mol. The molecule has 2 bridgehead atoms. The van der Waals surface area contributed by atoms with Crippen molar-refractivity contribution in [3.05, 3.63) is 12.3 Å². The number of rotatable bonds is 6. The number of esters is 4. The summed E-state index contributed by atoms with van der Waals surface area (Å²) >= 11 is 0. The van der Waals surface area contributed by atoms with Crippen molar-refractivity contribution in [2.24, 2.45) is 39.9 Å². The van der Waals surface area contributed by atoms with Crippen LogP contribution in [0.15, 0.2) is 12.3 Å². The van der Waals surface area contributed by atoms with Crippen LogP contribution in [0.1, 0.15) is 47.5 Å². The lowest BCUT2D eigenvalue weighted by atomic mass is 9.37. The number of aliphatic hydroxyl groups is 3. The van der Waals surface area contributed by atoms with E-state index in [1.54, 1.807) is 27.7 Å². The fourth-order valence-corrected chi connectivity index (χ4v) is 12.1. The normalized spacial score (nSPS) is 54.5. The van der Waals surface area contributed by atoms with Gasteiger partial charge < -0.3 is 58.0 Å². The molecule has 0 aromatic carbocycles. The molecule has 0 radical (unpaired) electrons. The lowest BCUT2D eigenvalue weighted by Crippen LogP contribution is -2.79. The number of ether oxygens (including phenoxy) is 9. The molecule has 0 aromatic heterocycles. The first-order chi connectivity index (χ1) is 23.4. The quantitative estimate of drug-likeness (QED) is 0.180. The first kappa shape index (κ1) is 34.2. The van der Waals surface area contributed by atoms with Crippen LogP contribution in [0.2, 0.25) is 0 Å². The summed E-state index contributed by atoms with van der Waals surface area (Å²) in [5.41, 5.74) is -9.61. The summed E-state index contributed by atoms with van der Waals surface area (Å²) in [6.07, 6.45) is -4.52. The zero-order valence-electron chi connectivity index (χ0n) is 28.9. The highest BCUT2D eigenvalue weighted by Crippen LogP contribution is 2.83. The van der Waals surface area contributed by atoms with Gasteiger partial charge >= 0.3 is 23.9 Å². The summed E-state index contributed by atoms with van der Waals surface area (Å²) in [6.45, 7) is 6.99. The van der Waals surface area contributed by atoms with E-state index in [4.69, 9.17) is 42.6 Å². The van der Waals surface area contributed by atoms with Crippen molar-refractivity contribution in [3.63, 3.8) is 0 Å². The minimum atomic E-state index is -2.81. The van der Waals surface area contributed by atoms with Gasteiger partial charge in [0.15, 0.2) is 5.60 Å². The standard InChI is InChI=1S/C34H44O16/c1-14(2)23(37)48-17-11-18(47-15(3)35)31(25(38)42-6)12-45-20-21(31)30(17)13-46-33(41,26(39)43-7)24(30)28(4,22(20)36)34-19-10-16(29(34,5)50-34)32(40)8-9-44-27(32)49-19/h8-9,14,16-22,24,27,36,40-41H,10-13H2,1-7H3/t16-,17+,18-,19+,20-,21-,22-,24+,27+,28-,29+,30+,31+,32+,33+,34+/m1/s1. The zero-order chi connectivity index (χ0) is 36.2. The average Bonchev–Trinajstić information content (AvgIpc) is 3.44. The fourth-order valence-electron chi connectivity index (χ4n) is 12.1. The SMILES string of the molecule is COC(=O)[C@@]12CO[C@H]3[C@@H](O)[C@@](C)([C@]45O[C@@]4(C)[C@H]4C[C@@H]5O[C@@H]5OC=C[C@@]54O)[C@H]4[C@@](CO[C@]4(O)C(=O)OC)([C@@H](OC(=O)C(C)C)C[C@H]1OC(C)=O)[C@@H]32. The van der Waals surface area contributed by atoms with Crippen LogP contribution in [0.5, 0.6) is 0 Å². The van der Waals surface area contributed by atoms with Crippen LogP contribution in [-0.2, 0) is 61.8 Å². The second-order valence-corrected chi connectivity index (χ2v) is 16.0. The minimum Gasteiger partial charge on any atom is -0.469 e. The number of carbonyl (C=O) groups excluding carboxylic acids is 4. The molecule has 0 unspecified atom stereocenters. The maximum absolute atomic E-state index is 14.1. The van der Waals surface area contributed by atoms with E-state index in [1.807, 2.05) is 0 Å². The number of carbonyl (C=O) groups is 4. The van der Waals surface area contributed by atoms with Gasteiger partial charge in [-0.2, -0.15) is 0 Å². The molecule has 16 atom stereocenters. The summed E-state index contributed by atoms with van der Waals surface area (Å²) < 4.78 is 53.9. The van der Waals surface area contributed by atoms with Crippen molar-refractivity contribution in [2.45, 2.75) is 107 Å². The number of methoxy groups -OCH3 is 2. The average molecular weight is 709 g/mol.